The minimum absolute atomic E-state index is 0.307. The van der Waals surface area contributed by atoms with Crippen molar-refractivity contribution >= 4 is 5.69 Å². The fourth-order valence-corrected chi connectivity index (χ4v) is 2.26. The zero-order valence-corrected chi connectivity index (χ0v) is 12.1. The number of hydrogen-bond donors (Lipinski definition) is 1. The lowest BCUT2D eigenvalue weighted by Gasteiger charge is -2.21. The Bertz CT molecular complexity index is 595. The molecule has 0 amide bonds. The van der Waals surface area contributed by atoms with Crippen LogP contribution in [0.1, 0.15) is 29.7 Å². The Kier molecular flexibility index (Phi) is 4.40. The molecule has 0 radical (unpaired) electrons. The molecule has 0 saturated carbocycles. The summed E-state index contributed by atoms with van der Waals surface area (Å²) in [7, 11) is 1.86. The van der Waals surface area contributed by atoms with Gasteiger partial charge in [0, 0.05) is 13.6 Å². The lowest BCUT2D eigenvalue weighted by Crippen LogP contribution is -2.18. The van der Waals surface area contributed by atoms with Gasteiger partial charge in [0.05, 0.1) is 11.8 Å². The first-order chi connectivity index (χ1) is 9.47. The van der Waals surface area contributed by atoms with Gasteiger partial charge in [0.2, 0.25) is 0 Å². The molecule has 2 rings (SSSR count). The second-order valence-electron chi connectivity index (χ2n) is 5.23. The molecule has 3 heteroatoms. The minimum Gasteiger partial charge on any atom is -0.389 e. The first kappa shape index (κ1) is 14.5. The predicted molar refractivity (Wildman–Crippen MR) is 80.3 cm³/mol. The molecule has 2 aromatic rings. The third-order valence-corrected chi connectivity index (χ3v) is 3.37. The van der Waals surface area contributed by atoms with Gasteiger partial charge in [0.1, 0.15) is 5.82 Å². The third kappa shape index (κ3) is 3.36. The minimum atomic E-state index is -0.652. The number of aliphatic hydroxyl groups excluding tert-OH is 1. The van der Waals surface area contributed by atoms with Crippen LogP contribution in [-0.2, 0) is 6.54 Å². The topological polar surface area (TPSA) is 23.5 Å². The summed E-state index contributed by atoms with van der Waals surface area (Å²) >= 11 is 0. The Morgan fingerprint density at radius 3 is 2.55 bits per heavy atom. The molecule has 0 unspecified atom stereocenters. The van der Waals surface area contributed by atoms with E-state index in [4.69, 9.17) is 0 Å². The van der Waals surface area contributed by atoms with Crippen LogP contribution in [-0.4, -0.2) is 12.2 Å². The van der Waals surface area contributed by atoms with Crippen LogP contribution in [0.5, 0.6) is 0 Å². The largest absolute Gasteiger partial charge is 0.389 e. The molecule has 0 bridgehead atoms. The molecular weight excluding hydrogens is 253 g/mol. The molecule has 1 atom stereocenters. The number of benzene rings is 2. The fourth-order valence-electron chi connectivity index (χ4n) is 2.26. The predicted octanol–water partition coefficient (Wildman–Crippen LogP) is 3.82. The van der Waals surface area contributed by atoms with Gasteiger partial charge in [0.25, 0.3) is 0 Å². The highest BCUT2D eigenvalue weighted by Crippen LogP contribution is 2.24. The Morgan fingerprint density at radius 2 is 1.95 bits per heavy atom. The molecule has 0 aliphatic carbocycles. The van der Waals surface area contributed by atoms with Crippen LogP contribution < -0.4 is 4.90 Å². The first-order valence-corrected chi connectivity index (χ1v) is 6.71. The molecule has 106 valence electrons. The maximum absolute atomic E-state index is 14.1. The zero-order valence-electron chi connectivity index (χ0n) is 12.1. The monoisotopic (exact) mass is 273 g/mol. The lowest BCUT2D eigenvalue weighted by atomic mass is 10.1. The Labute approximate surface area is 119 Å². The summed E-state index contributed by atoms with van der Waals surface area (Å²) in [4.78, 5) is 1.87. The van der Waals surface area contributed by atoms with Crippen molar-refractivity contribution < 1.29 is 9.50 Å². The average Bonchev–Trinajstić information content (AvgIpc) is 2.38. The number of nitrogens with zero attached hydrogens (tertiary/aromatic N) is 1. The molecule has 0 fully saturated rings. The molecule has 0 heterocycles. The molecule has 0 spiro atoms. The van der Waals surface area contributed by atoms with Crippen molar-refractivity contribution in [1.82, 2.24) is 0 Å². The van der Waals surface area contributed by atoms with E-state index in [0.29, 0.717) is 17.8 Å². The molecule has 0 aliphatic heterocycles. The van der Waals surface area contributed by atoms with Crippen LogP contribution in [0.15, 0.2) is 42.5 Å². The number of anilines is 1. The Morgan fingerprint density at radius 1 is 1.20 bits per heavy atom. The van der Waals surface area contributed by atoms with Gasteiger partial charge >= 0.3 is 0 Å². The first-order valence-electron chi connectivity index (χ1n) is 6.71. The van der Waals surface area contributed by atoms with Gasteiger partial charge in [-0.05, 0) is 37.1 Å². The van der Waals surface area contributed by atoms with E-state index in [9.17, 15) is 9.50 Å². The van der Waals surface area contributed by atoms with Crippen molar-refractivity contribution in [2.45, 2.75) is 26.5 Å². The summed E-state index contributed by atoms with van der Waals surface area (Å²) in [5.41, 5.74) is 3.47. The molecule has 0 aromatic heterocycles. The summed E-state index contributed by atoms with van der Waals surface area (Å²) in [6.07, 6.45) is -0.652. The molecule has 0 aliphatic rings. The van der Waals surface area contributed by atoms with Crippen molar-refractivity contribution in [3.63, 3.8) is 0 Å². The normalized spacial score (nSPS) is 12.2. The van der Waals surface area contributed by atoms with Gasteiger partial charge in [-0.1, -0.05) is 35.9 Å². The highest BCUT2D eigenvalue weighted by molar-refractivity contribution is 5.49. The summed E-state index contributed by atoms with van der Waals surface area (Å²) in [5, 5.41) is 9.46. The van der Waals surface area contributed by atoms with Crippen LogP contribution in [0, 0.1) is 12.7 Å². The highest BCUT2D eigenvalue weighted by atomic mass is 19.1. The molecule has 1 N–H and O–H groups in total. The van der Waals surface area contributed by atoms with Gasteiger partial charge in [0.15, 0.2) is 0 Å². The van der Waals surface area contributed by atoms with Crippen molar-refractivity contribution in [2.24, 2.45) is 0 Å². The van der Waals surface area contributed by atoms with E-state index >= 15 is 0 Å². The van der Waals surface area contributed by atoms with Crippen LogP contribution in [0.25, 0.3) is 0 Å². The second kappa shape index (κ2) is 6.06. The summed E-state index contributed by atoms with van der Waals surface area (Å²) in [5.74, 6) is -0.307. The fraction of sp³-hybridized carbons (Fsp3) is 0.294. The number of hydrogen-bond acceptors (Lipinski definition) is 2. The van der Waals surface area contributed by atoms with Crippen LogP contribution >= 0.6 is 0 Å². The standard InChI is InChI=1S/C17H20FNO/c1-12-5-4-6-14(9-12)11-19(3)17-8-7-15(13(2)20)10-16(17)18/h4-10,13,20H,11H2,1-3H3/t13-/m1/s1. The zero-order chi connectivity index (χ0) is 14.7. The Balaban J connectivity index is 2.19. The summed E-state index contributed by atoms with van der Waals surface area (Å²) < 4.78 is 14.1. The van der Waals surface area contributed by atoms with E-state index in [1.54, 1.807) is 19.1 Å². The van der Waals surface area contributed by atoms with E-state index in [-0.39, 0.29) is 5.82 Å². The molecular formula is C17H20FNO. The SMILES string of the molecule is Cc1cccc(CN(C)c2ccc([C@@H](C)O)cc2F)c1. The lowest BCUT2D eigenvalue weighted by molar-refractivity contribution is 0.199. The number of rotatable bonds is 4. The van der Waals surface area contributed by atoms with E-state index in [1.165, 1.54) is 11.6 Å². The van der Waals surface area contributed by atoms with Crippen molar-refractivity contribution in [2.75, 3.05) is 11.9 Å². The van der Waals surface area contributed by atoms with Crippen molar-refractivity contribution in [3.8, 4) is 0 Å². The van der Waals surface area contributed by atoms with Gasteiger partial charge in [-0.25, -0.2) is 4.39 Å². The van der Waals surface area contributed by atoms with Crippen LogP contribution in [0.4, 0.5) is 10.1 Å². The third-order valence-electron chi connectivity index (χ3n) is 3.37. The van der Waals surface area contributed by atoms with Gasteiger partial charge in [-0.15, -0.1) is 0 Å². The number of aliphatic hydroxyl groups is 1. The smallest absolute Gasteiger partial charge is 0.146 e. The highest BCUT2D eigenvalue weighted by Gasteiger charge is 2.11. The quantitative estimate of drug-likeness (QED) is 0.915. The molecule has 0 saturated heterocycles. The van der Waals surface area contributed by atoms with E-state index in [0.717, 1.165) is 5.56 Å². The van der Waals surface area contributed by atoms with E-state index < -0.39 is 6.10 Å². The van der Waals surface area contributed by atoms with E-state index in [2.05, 4.69) is 6.07 Å². The van der Waals surface area contributed by atoms with Crippen LogP contribution in [0.3, 0.4) is 0 Å². The second-order valence-corrected chi connectivity index (χ2v) is 5.23. The molecule has 20 heavy (non-hydrogen) atoms. The van der Waals surface area contributed by atoms with Gasteiger partial charge in [-0.3, -0.25) is 0 Å². The summed E-state index contributed by atoms with van der Waals surface area (Å²) in [6.45, 7) is 4.32. The van der Waals surface area contributed by atoms with Gasteiger partial charge in [-0.2, -0.15) is 0 Å². The van der Waals surface area contributed by atoms with Gasteiger partial charge < -0.3 is 10.0 Å². The maximum Gasteiger partial charge on any atom is 0.146 e. The van der Waals surface area contributed by atoms with Crippen molar-refractivity contribution in [1.29, 1.82) is 0 Å². The molecule has 2 nitrogen and oxygen atoms in total. The summed E-state index contributed by atoms with van der Waals surface area (Å²) in [6, 6.07) is 13.0. The maximum atomic E-state index is 14.1. The van der Waals surface area contributed by atoms with E-state index in [1.807, 2.05) is 37.1 Å². The van der Waals surface area contributed by atoms with Crippen LogP contribution in [0.2, 0.25) is 0 Å². The van der Waals surface area contributed by atoms with Crippen molar-refractivity contribution in [3.05, 3.63) is 65.0 Å². The molecule has 2 aromatic carbocycles. The number of halogens is 1. The average molecular weight is 273 g/mol. The Hall–Kier alpha value is -1.87. The number of aryl methyl sites for hydroxylation is 1.